The van der Waals surface area contributed by atoms with E-state index in [0.717, 1.165) is 6.07 Å². The smallest absolute Gasteiger partial charge is 0.143 e. The van der Waals surface area contributed by atoms with Gasteiger partial charge in [0.05, 0.1) is 39.8 Å². The van der Waals surface area contributed by atoms with Crippen LogP contribution in [0.25, 0.3) is 98.8 Å². The molecular formula is C48H30O. The molecule has 228 valence electrons. The third-order valence-corrected chi connectivity index (χ3v) is 7.89. The molecule has 0 bridgehead atoms. The molecular weight excluding hydrogens is 593 g/mol. The summed E-state index contributed by atoms with van der Waals surface area (Å²) in [5.74, 6) is 0. The van der Waals surface area contributed by atoms with Crippen molar-refractivity contribution in [3.63, 3.8) is 0 Å². The summed E-state index contributed by atoms with van der Waals surface area (Å²) in [6, 6.07) is -25.3. The van der Waals surface area contributed by atoms with Crippen LogP contribution in [0.15, 0.2) is 186 Å². The van der Waals surface area contributed by atoms with Crippen molar-refractivity contribution < 1.29 is 44.2 Å². The maximum atomic E-state index is 9.87. The van der Waals surface area contributed by atoms with E-state index in [0.29, 0.717) is 0 Å². The minimum Gasteiger partial charge on any atom is -0.455 e. The highest BCUT2D eigenvalue weighted by Crippen LogP contribution is 2.45. The fourth-order valence-electron chi connectivity index (χ4n) is 5.76. The quantitative estimate of drug-likeness (QED) is 0.173. The molecule has 1 aromatic heterocycles. The van der Waals surface area contributed by atoms with Crippen LogP contribution in [-0.2, 0) is 0 Å². The Morgan fingerprint density at radius 2 is 0.918 bits per heavy atom. The lowest BCUT2D eigenvalue weighted by Gasteiger charge is -2.18. The van der Waals surface area contributed by atoms with Gasteiger partial charge in [0, 0.05) is 16.3 Å². The van der Waals surface area contributed by atoms with Crippen LogP contribution < -0.4 is 0 Å². The lowest BCUT2D eigenvalue weighted by molar-refractivity contribution is 0.670. The van der Waals surface area contributed by atoms with Crippen molar-refractivity contribution in [2.75, 3.05) is 0 Å². The number of para-hydroxylation sites is 1. The van der Waals surface area contributed by atoms with E-state index >= 15 is 0 Å². The molecule has 0 N–H and O–H groups in total. The van der Waals surface area contributed by atoms with Crippen molar-refractivity contribution in [1.29, 1.82) is 0 Å². The van der Waals surface area contributed by atoms with Crippen LogP contribution in [0, 0.1) is 0 Å². The number of rotatable bonds is 4. The van der Waals surface area contributed by atoms with Gasteiger partial charge < -0.3 is 4.42 Å². The first-order valence-corrected chi connectivity index (χ1v) is 14.5. The Labute approximate surface area is 325 Å². The highest BCUT2D eigenvalue weighted by Gasteiger charge is 2.19. The molecule has 1 nitrogen and oxygen atoms in total. The van der Waals surface area contributed by atoms with Crippen LogP contribution in [0.3, 0.4) is 0 Å². The Kier molecular flexibility index (Phi) is 2.56. The lowest BCUT2D eigenvalue weighted by Crippen LogP contribution is -1.91. The molecule has 0 aliphatic rings. The minimum absolute atomic E-state index is 0.412. The summed E-state index contributed by atoms with van der Waals surface area (Å²) in [5.41, 5.74) is -6.64. The zero-order valence-corrected chi connectivity index (χ0v) is 24.5. The Morgan fingerprint density at radius 3 is 1.63 bits per heavy atom. The summed E-state index contributed by atoms with van der Waals surface area (Å²) in [4.78, 5) is 0. The standard InChI is InChI=1S/C48H30O/c1-2-12-33(13-3-1)38-19-10-20-43-44-30-37(27-28-45(44)49-48(38)43)47-41-17-8-6-15-39(41)46(40-16-7-9-18-42(40)47)34-24-21-32(22-25-34)36-26-23-31-11-4-5-14-35(31)29-36/h1-30H/i1D,2D,3D,4D,5D,6D,7D,8D,9D,10D,11D,12D,13D,14D,15D,16D,17D,18D,19D,20D,21D,22D,23D,24D,25D,26D,27D,29D,30D. The number of hydrogen-bond acceptors (Lipinski definition) is 1. The van der Waals surface area contributed by atoms with Gasteiger partial charge in [-0.3, -0.25) is 0 Å². The Bertz CT molecular complexity index is 4400. The molecule has 0 aliphatic heterocycles. The molecule has 10 rings (SSSR count). The largest absolute Gasteiger partial charge is 0.455 e. The van der Waals surface area contributed by atoms with E-state index in [2.05, 4.69) is 0 Å². The molecule has 9 aromatic carbocycles. The van der Waals surface area contributed by atoms with E-state index in [4.69, 9.17) is 30.5 Å². The zero-order valence-electron chi connectivity index (χ0n) is 53.5. The lowest BCUT2D eigenvalue weighted by atomic mass is 9.85. The van der Waals surface area contributed by atoms with Gasteiger partial charge in [0.2, 0.25) is 0 Å². The van der Waals surface area contributed by atoms with Gasteiger partial charge in [-0.2, -0.15) is 0 Å². The van der Waals surface area contributed by atoms with Crippen molar-refractivity contribution in [2.24, 2.45) is 0 Å². The van der Waals surface area contributed by atoms with E-state index < -0.39 is 274 Å². The highest BCUT2D eigenvalue weighted by molar-refractivity contribution is 6.22. The second-order valence-electron chi connectivity index (χ2n) is 10.6. The van der Waals surface area contributed by atoms with Gasteiger partial charge in [0.15, 0.2) is 0 Å². The minimum atomic E-state index is -1.09. The summed E-state index contributed by atoms with van der Waals surface area (Å²) in [5, 5.41) is -4.89. The van der Waals surface area contributed by atoms with Gasteiger partial charge in [0.1, 0.15) is 11.2 Å². The van der Waals surface area contributed by atoms with Crippen molar-refractivity contribution in [3.05, 3.63) is 181 Å². The van der Waals surface area contributed by atoms with Gasteiger partial charge in [-0.05, 0) is 89.4 Å². The molecule has 0 spiro atoms. The number of hydrogen-bond donors (Lipinski definition) is 0. The van der Waals surface area contributed by atoms with Gasteiger partial charge in [-0.1, -0.05) is 163 Å². The third-order valence-electron chi connectivity index (χ3n) is 7.89. The Balaban J connectivity index is 1.41. The van der Waals surface area contributed by atoms with Crippen molar-refractivity contribution in [3.8, 4) is 44.5 Å². The molecule has 0 radical (unpaired) electrons. The second kappa shape index (κ2) is 11.1. The fourth-order valence-corrected chi connectivity index (χ4v) is 5.76. The zero-order chi connectivity index (χ0) is 57.5. The SMILES string of the molecule is [2H]c1cc2oc3c(-c4c([2H])c([2H])c([2H])c([2H])c4[2H])c([2H])c([2H])c([2H])c3c2c([2H])c1-c1c2c([2H])c([2H])c([2H])c([2H])c2c(-c2c([2H])c([2H])c(-c3c([2H])c([2H])c4c([2H])c([2H])c([2H])c([2H])c4c3[2H])c([2H])c2[2H])c2c([2H])c([2H])c([2H])c([2H])c12. The molecule has 10 aromatic rings. The predicted molar refractivity (Wildman–Crippen MR) is 208 cm³/mol. The fraction of sp³-hybridized carbons (Fsp3) is 0. The first-order chi connectivity index (χ1) is 36.4. The van der Waals surface area contributed by atoms with Gasteiger partial charge in [-0.15, -0.1) is 0 Å². The monoisotopic (exact) mass is 651 g/mol. The average molecular weight is 652 g/mol. The predicted octanol–water partition coefficient (Wildman–Crippen LogP) is 13.7. The number of benzene rings is 9. The number of fused-ring (bicyclic) bond motifs is 6. The first-order valence-electron chi connectivity index (χ1n) is 29.0. The van der Waals surface area contributed by atoms with E-state index in [1.54, 1.807) is 0 Å². The highest BCUT2D eigenvalue weighted by atomic mass is 16.3. The summed E-state index contributed by atoms with van der Waals surface area (Å²) >= 11 is 0. The molecule has 1 heteroatoms. The van der Waals surface area contributed by atoms with Gasteiger partial charge >= 0.3 is 0 Å². The second-order valence-corrected chi connectivity index (χ2v) is 10.6. The summed E-state index contributed by atoms with van der Waals surface area (Å²) < 4.78 is 266. The molecule has 0 unspecified atom stereocenters. The van der Waals surface area contributed by atoms with Crippen molar-refractivity contribution in [2.45, 2.75) is 0 Å². The van der Waals surface area contributed by atoms with Crippen LogP contribution >= 0.6 is 0 Å². The van der Waals surface area contributed by atoms with E-state index in [9.17, 15) is 13.7 Å². The maximum Gasteiger partial charge on any atom is 0.143 e. The van der Waals surface area contributed by atoms with Crippen molar-refractivity contribution >= 4 is 54.3 Å². The van der Waals surface area contributed by atoms with Crippen LogP contribution in [-0.4, -0.2) is 0 Å². The summed E-state index contributed by atoms with van der Waals surface area (Å²) in [7, 11) is 0. The molecule has 0 fully saturated rings. The van der Waals surface area contributed by atoms with E-state index in [1.165, 1.54) is 0 Å². The molecule has 49 heavy (non-hydrogen) atoms. The molecule has 0 aliphatic carbocycles. The van der Waals surface area contributed by atoms with Crippen LogP contribution in [0.2, 0.25) is 0 Å². The molecule has 0 saturated heterocycles. The third kappa shape index (κ3) is 4.47. The topological polar surface area (TPSA) is 13.1 Å². The number of furan rings is 1. The van der Waals surface area contributed by atoms with Gasteiger partial charge in [-0.25, -0.2) is 0 Å². The molecule has 0 atom stereocenters. The molecule has 0 saturated carbocycles. The summed E-state index contributed by atoms with van der Waals surface area (Å²) in [6.45, 7) is 0. The normalized spacial score (nSPS) is 20.0. The molecule has 1 heterocycles. The van der Waals surface area contributed by atoms with Gasteiger partial charge in [0.25, 0.3) is 0 Å². The van der Waals surface area contributed by atoms with Crippen LogP contribution in [0.1, 0.15) is 39.8 Å². The average Bonchev–Trinajstić information content (AvgIpc) is 3.79. The summed E-state index contributed by atoms with van der Waals surface area (Å²) in [6.07, 6.45) is 0. The van der Waals surface area contributed by atoms with E-state index in [-0.39, 0.29) is 0 Å². The maximum absolute atomic E-state index is 9.87. The van der Waals surface area contributed by atoms with Crippen LogP contribution in [0.5, 0.6) is 0 Å². The molecule has 0 amide bonds. The Morgan fingerprint density at radius 1 is 0.347 bits per heavy atom. The first kappa shape index (κ1) is 11.3. The van der Waals surface area contributed by atoms with E-state index in [1.807, 2.05) is 0 Å². The van der Waals surface area contributed by atoms with Crippen LogP contribution in [0.4, 0.5) is 0 Å². The van der Waals surface area contributed by atoms with Crippen molar-refractivity contribution in [1.82, 2.24) is 0 Å². The Hall–Kier alpha value is -6.44.